The Morgan fingerprint density at radius 1 is 1.05 bits per heavy atom. The van der Waals surface area contributed by atoms with E-state index in [0.717, 1.165) is 5.56 Å². The Labute approximate surface area is 121 Å². The topological polar surface area (TPSA) is 17.1 Å². The molecule has 0 amide bonds. The molecular weight excluding hydrogens is 244 g/mol. The third-order valence-electron chi connectivity index (χ3n) is 3.30. The van der Waals surface area contributed by atoms with Crippen molar-refractivity contribution in [2.45, 2.75) is 20.3 Å². The van der Waals surface area contributed by atoms with Crippen LogP contribution in [0.4, 0.5) is 0 Å². The Morgan fingerprint density at radius 2 is 1.70 bits per heavy atom. The van der Waals surface area contributed by atoms with E-state index >= 15 is 0 Å². The van der Waals surface area contributed by atoms with Gasteiger partial charge in [0, 0.05) is 12.0 Å². The standard InChI is InChI=1S/C19H20O/c1-15-8-11-17(12-9-15)13-10-16(2)14-19(20)18-6-4-3-5-7-18/h3-13,16H,14H2,1-2H3/b13-10+. The van der Waals surface area contributed by atoms with Crippen LogP contribution in [0.1, 0.15) is 34.8 Å². The van der Waals surface area contributed by atoms with Gasteiger partial charge in [-0.05, 0) is 18.4 Å². The van der Waals surface area contributed by atoms with Crippen molar-refractivity contribution in [1.82, 2.24) is 0 Å². The molecule has 0 bridgehead atoms. The van der Waals surface area contributed by atoms with Crippen LogP contribution in [0.3, 0.4) is 0 Å². The molecule has 0 radical (unpaired) electrons. The van der Waals surface area contributed by atoms with Gasteiger partial charge < -0.3 is 0 Å². The quantitative estimate of drug-likeness (QED) is 0.701. The Hall–Kier alpha value is -2.15. The number of carbonyl (C=O) groups is 1. The lowest BCUT2D eigenvalue weighted by molar-refractivity contribution is 0.0972. The van der Waals surface area contributed by atoms with Crippen LogP contribution >= 0.6 is 0 Å². The molecule has 0 aromatic heterocycles. The fourth-order valence-corrected chi connectivity index (χ4v) is 2.06. The highest BCUT2D eigenvalue weighted by molar-refractivity contribution is 5.96. The second kappa shape index (κ2) is 6.85. The Bertz CT molecular complexity index is 579. The summed E-state index contributed by atoms with van der Waals surface area (Å²) >= 11 is 0. The van der Waals surface area contributed by atoms with E-state index < -0.39 is 0 Å². The van der Waals surface area contributed by atoms with Gasteiger partial charge in [-0.3, -0.25) is 4.79 Å². The number of hydrogen-bond acceptors (Lipinski definition) is 1. The highest BCUT2D eigenvalue weighted by Crippen LogP contribution is 2.13. The molecule has 2 rings (SSSR count). The molecule has 0 aliphatic heterocycles. The number of Topliss-reactive ketones (excluding diaryl/α,β-unsaturated/α-hetero) is 1. The van der Waals surface area contributed by atoms with Crippen molar-refractivity contribution in [3.05, 3.63) is 77.4 Å². The summed E-state index contributed by atoms with van der Waals surface area (Å²) in [5.41, 5.74) is 3.23. The maximum absolute atomic E-state index is 12.1. The second-order valence-electron chi connectivity index (χ2n) is 5.24. The van der Waals surface area contributed by atoms with Crippen LogP contribution in [0.2, 0.25) is 0 Å². The molecule has 0 saturated carbocycles. The van der Waals surface area contributed by atoms with Crippen molar-refractivity contribution in [1.29, 1.82) is 0 Å². The predicted octanol–water partition coefficient (Wildman–Crippen LogP) is 4.92. The molecule has 0 aliphatic carbocycles. The van der Waals surface area contributed by atoms with Crippen LogP contribution in [0, 0.1) is 12.8 Å². The van der Waals surface area contributed by atoms with Gasteiger partial charge in [-0.25, -0.2) is 0 Å². The van der Waals surface area contributed by atoms with Gasteiger partial charge in [0.1, 0.15) is 0 Å². The minimum absolute atomic E-state index is 0.201. The van der Waals surface area contributed by atoms with E-state index in [1.807, 2.05) is 30.3 Å². The van der Waals surface area contributed by atoms with Gasteiger partial charge in [0.25, 0.3) is 0 Å². The molecule has 0 spiro atoms. The van der Waals surface area contributed by atoms with E-state index in [1.54, 1.807) is 0 Å². The van der Waals surface area contributed by atoms with Crippen LogP contribution in [0.25, 0.3) is 6.08 Å². The Balaban J connectivity index is 1.94. The molecule has 1 unspecified atom stereocenters. The third kappa shape index (κ3) is 4.20. The zero-order valence-electron chi connectivity index (χ0n) is 12.0. The van der Waals surface area contributed by atoms with Crippen LogP contribution in [0.15, 0.2) is 60.7 Å². The minimum atomic E-state index is 0.201. The van der Waals surface area contributed by atoms with Crippen molar-refractivity contribution in [3.63, 3.8) is 0 Å². The number of allylic oxidation sites excluding steroid dienone is 1. The normalized spacial score (nSPS) is 12.5. The summed E-state index contributed by atoms with van der Waals surface area (Å²) in [5, 5.41) is 0. The lowest BCUT2D eigenvalue weighted by Gasteiger charge is -2.05. The van der Waals surface area contributed by atoms with Crippen molar-refractivity contribution in [3.8, 4) is 0 Å². The van der Waals surface area contributed by atoms with E-state index in [1.165, 1.54) is 11.1 Å². The highest BCUT2D eigenvalue weighted by atomic mass is 16.1. The number of ketones is 1. The first-order chi connectivity index (χ1) is 9.65. The van der Waals surface area contributed by atoms with Crippen molar-refractivity contribution < 1.29 is 4.79 Å². The Morgan fingerprint density at radius 3 is 2.35 bits per heavy atom. The van der Waals surface area contributed by atoms with Crippen LogP contribution in [0.5, 0.6) is 0 Å². The molecule has 0 aliphatic rings. The number of hydrogen-bond donors (Lipinski definition) is 0. The van der Waals surface area contributed by atoms with Gasteiger partial charge >= 0.3 is 0 Å². The maximum atomic E-state index is 12.1. The number of rotatable bonds is 5. The summed E-state index contributed by atoms with van der Waals surface area (Å²) in [4.78, 5) is 12.1. The fraction of sp³-hybridized carbons (Fsp3) is 0.211. The van der Waals surface area contributed by atoms with Gasteiger partial charge in [0.15, 0.2) is 5.78 Å². The lowest BCUT2D eigenvalue weighted by Crippen LogP contribution is -2.03. The van der Waals surface area contributed by atoms with Gasteiger partial charge in [0.05, 0.1) is 0 Å². The molecule has 0 fully saturated rings. The molecule has 1 heteroatoms. The first-order valence-electron chi connectivity index (χ1n) is 6.98. The van der Waals surface area contributed by atoms with Crippen molar-refractivity contribution in [2.75, 3.05) is 0 Å². The largest absolute Gasteiger partial charge is 0.294 e. The molecule has 0 saturated heterocycles. The molecule has 1 nitrogen and oxygen atoms in total. The number of benzene rings is 2. The van der Waals surface area contributed by atoms with Gasteiger partial charge in [-0.1, -0.05) is 79.2 Å². The van der Waals surface area contributed by atoms with Gasteiger partial charge in [0.2, 0.25) is 0 Å². The Kier molecular flexibility index (Phi) is 4.89. The van der Waals surface area contributed by atoms with E-state index in [0.29, 0.717) is 6.42 Å². The minimum Gasteiger partial charge on any atom is -0.294 e. The molecule has 0 heterocycles. The molecule has 1 atom stereocenters. The fourth-order valence-electron chi connectivity index (χ4n) is 2.06. The average molecular weight is 264 g/mol. The summed E-state index contributed by atoms with van der Waals surface area (Å²) in [7, 11) is 0. The summed E-state index contributed by atoms with van der Waals surface area (Å²) in [6.07, 6.45) is 4.74. The van der Waals surface area contributed by atoms with Gasteiger partial charge in [-0.2, -0.15) is 0 Å². The van der Waals surface area contributed by atoms with E-state index in [-0.39, 0.29) is 11.7 Å². The molecule has 102 valence electrons. The summed E-state index contributed by atoms with van der Waals surface area (Å²) < 4.78 is 0. The molecule has 2 aromatic rings. The zero-order chi connectivity index (χ0) is 14.4. The smallest absolute Gasteiger partial charge is 0.163 e. The summed E-state index contributed by atoms with van der Waals surface area (Å²) in [6, 6.07) is 17.9. The monoisotopic (exact) mass is 264 g/mol. The third-order valence-corrected chi connectivity index (χ3v) is 3.30. The molecule has 20 heavy (non-hydrogen) atoms. The van der Waals surface area contributed by atoms with Crippen LogP contribution in [-0.4, -0.2) is 5.78 Å². The van der Waals surface area contributed by atoms with E-state index in [4.69, 9.17) is 0 Å². The highest BCUT2D eigenvalue weighted by Gasteiger charge is 2.08. The van der Waals surface area contributed by atoms with Crippen molar-refractivity contribution in [2.24, 2.45) is 5.92 Å². The number of carbonyl (C=O) groups excluding carboxylic acids is 1. The summed E-state index contributed by atoms with van der Waals surface area (Å²) in [5.74, 6) is 0.440. The van der Waals surface area contributed by atoms with Crippen LogP contribution in [-0.2, 0) is 0 Å². The molecular formula is C19H20O. The van der Waals surface area contributed by atoms with Crippen LogP contribution < -0.4 is 0 Å². The van der Waals surface area contributed by atoms with E-state index in [9.17, 15) is 4.79 Å². The molecule has 0 N–H and O–H groups in total. The van der Waals surface area contributed by atoms with Crippen molar-refractivity contribution >= 4 is 11.9 Å². The van der Waals surface area contributed by atoms with E-state index in [2.05, 4.69) is 50.3 Å². The van der Waals surface area contributed by atoms with Gasteiger partial charge in [-0.15, -0.1) is 0 Å². The zero-order valence-corrected chi connectivity index (χ0v) is 12.0. The first-order valence-corrected chi connectivity index (χ1v) is 6.98. The average Bonchev–Trinajstić information content (AvgIpc) is 2.47. The SMILES string of the molecule is Cc1ccc(/C=C/C(C)CC(=O)c2ccccc2)cc1. The predicted molar refractivity (Wildman–Crippen MR) is 84.8 cm³/mol. The summed E-state index contributed by atoms with van der Waals surface area (Å²) in [6.45, 7) is 4.15. The first kappa shape index (κ1) is 14.3. The molecule has 2 aromatic carbocycles. The number of aryl methyl sites for hydroxylation is 1. The second-order valence-corrected chi connectivity index (χ2v) is 5.24. The maximum Gasteiger partial charge on any atom is 0.163 e. The lowest BCUT2D eigenvalue weighted by atomic mass is 9.98.